The number of hydrogen-bond acceptors (Lipinski definition) is 6. The van der Waals surface area contributed by atoms with Gasteiger partial charge in [0.15, 0.2) is 0 Å². The molecule has 0 fully saturated rings. The summed E-state index contributed by atoms with van der Waals surface area (Å²) in [4.78, 5) is 5.46. The van der Waals surface area contributed by atoms with E-state index in [4.69, 9.17) is 0 Å². The van der Waals surface area contributed by atoms with E-state index in [0.717, 1.165) is 18.0 Å². The molecule has 2 heterocycles. The fourth-order valence-electron chi connectivity index (χ4n) is 1.38. The molecule has 0 amide bonds. The highest BCUT2D eigenvalue weighted by molar-refractivity contribution is 7.09. The molecule has 1 unspecified atom stereocenters. The van der Waals surface area contributed by atoms with E-state index in [9.17, 15) is 0 Å². The molecule has 0 saturated carbocycles. The molecule has 0 spiro atoms. The second-order valence-electron chi connectivity index (χ2n) is 3.06. The quantitative estimate of drug-likeness (QED) is 0.867. The summed E-state index contributed by atoms with van der Waals surface area (Å²) in [5.74, 6) is 0. The number of nitrogens with zero attached hydrogens (tertiary/aromatic N) is 3. The van der Waals surface area contributed by atoms with Gasteiger partial charge in [-0.2, -0.15) is 0 Å². The standard InChI is InChI=1S/C9H12N4S2/c1-2-10-7(8-6-12-13-15-8)5-9-11-3-4-14-9/h3-4,6-7,10H,2,5H2,1H3. The Bertz CT molecular complexity index is 371. The van der Waals surface area contributed by atoms with E-state index < -0.39 is 0 Å². The zero-order valence-electron chi connectivity index (χ0n) is 8.38. The Morgan fingerprint density at radius 2 is 2.47 bits per heavy atom. The highest BCUT2D eigenvalue weighted by atomic mass is 32.1. The highest BCUT2D eigenvalue weighted by Gasteiger charge is 2.14. The molecular formula is C9H12N4S2. The van der Waals surface area contributed by atoms with E-state index in [2.05, 4.69) is 26.8 Å². The van der Waals surface area contributed by atoms with E-state index in [1.165, 1.54) is 16.4 Å². The van der Waals surface area contributed by atoms with E-state index >= 15 is 0 Å². The lowest BCUT2D eigenvalue weighted by molar-refractivity contribution is 0.556. The average Bonchev–Trinajstić information content (AvgIpc) is 2.89. The van der Waals surface area contributed by atoms with Crippen molar-refractivity contribution >= 4 is 22.9 Å². The Morgan fingerprint density at radius 1 is 1.53 bits per heavy atom. The smallest absolute Gasteiger partial charge is 0.0944 e. The first kappa shape index (κ1) is 10.7. The van der Waals surface area contributed by atoms with Crippen LogP contribution in [0.1, 0.15) is 22.9 Å². The van der Waals surface area contributed by atoms with Gasteiger partial charge in [-0.15, -0.1) is 16.4 Å². The Hall–Kier alpha value is -0.850. The first-order valence-corrected chi connectivity index (χ1v) is 6.44. The van der Waals surface area contributed by atoms with Gasteiger partial charge in [0.05, 0.1) is 22.1 Å². The zero-order valence-corrected chi connectivity index (χ0v) is 10.0. The molecule has 0 aliphatic heterocycles. The summed E-state index contributed by atoms with van der Waals surface area (Å²) in [5, 5.41) is 10.4. The second-order valence-corrected chi connectivity index (χ2v) is 4.86. The molecule has 0 radical (unpaired) electrons. The Balaban J connectivity index is 2.07. The first-order chi connectivity index (χ1) is 7.40. The van der Waals surface area contributed by atoms with E-state index in [0.29, 0.717) is 6.04 Å². The predicted molar refractivity (Wildman–Crippen MR) is 62.1 cm³/mol. The van der Waals surface area contributed by atoms with Crippen LogP contribution in [-0.4, -0.2) is 21.1 Å². The van der Waals surface area contributed by atoms with Gasteiger partial charge in [-0.05, 0) is 18.1 Å². The van der Waals surface area contributed by atoms with Crippen LogP contribution in [0.15, 0.2) is 17.8 Å². The average molecular weight is 240 g/mol. The Morgan fingerprint density at radius 3 is 3.07 bits per heavy atom. The molecule has 0 aliphatic rings. The number of likely N-dealkylation sites (N-methyl/N-ethyl adjacent to an activating group) is 1. The number of rotatable bonds is 5. The largest absolute Gasteiger partial charge is 0.309 e. The van der Waals surface area contributed by atoms with Crippen LogP contribution in [0.4, 0.5) is 0 Å². The number of thiazole rings is 1. The Labute approximate surface area is 96.5 Å². The maximum Gasteiger partial charge on any atom is 0.0944 e. The molecule has 4 nitrogen and oxygen atoms in total. The maximum absolute atomic E-state index is 4.29. The van der Waals surface area contributed by atoms with Crippen LogP contribution >= 0.6 is 22.9 Å². The molecule has 2 aromatic heterocycles. The Kier molecular flexibility index (Phi) is 3.76. The van der Waals surface area contributed by atoms with Gasteiger partial charge in [0.25, 0.3) is 0 Å². The minimum atomic E-state index is 0.293. The summed E-state index contributed by atoms with van der Waals surface area (Å²) >= 11 is 3.13. The number of aromatic nitrogens is 3. The summed E-state index contributed by atoms with van der Waals surface area (Å²) in [7, 11) is 0. The minimum absolute atomic E-state index is 0.293. The number of nitrogens with one attached hydrogen (secondary N) is 1. The first-order valence-electron chi connectivity index (χ1n) is 4.79. The van der Waals surface area contributed by atoms with Crippen LogP contribution in [0, 0.1) is 0 Å². The molecule has 0 aromatic carbocycles. The van der Waals surface area contributed by atoms with Gasteiger partial charge in [-0.25, -0.2) is 4.98 Å². The van der Waals surface area contributed by atoms with Gasteiger partial charge in [-0.1, -0.05) is 11.4 Å². The van der Waals surface area contributed by atoms with Crippen LogP contribution in [0.2, 0.25) is 0 Å². The SMILES string of the molecule is CCNC(Cc1nccs1)c1cnns1. The van der Waals surface area contributed by atoms with E-state index in [-0.39, 0.29) is 0 Å². The van der Waals surface area contributed by atoms with E-state index in [1.807, 2.05) is 17.8 Å². The van der Waals surface area contributed by atoms with E-state index in [1.54, 1.807) is 11.3 Å². The molecule has 1 N–H and O–H groups in total. The van der Waals surface area contributed by atoms with Crippen molar-refractivity contribution in [3.8, 4) is 0 Å². The van der Waals surface area contributed by atoms with Gasteiger partial charge < -0.3 is 5.32 Å². The van der Waals surface area contributed by atoms with Gasteiger partial charge >= 0.3 is 0 Å². The van der Waals surface area contributed by atoms with Gasteiger partial charge in [-0.3, -0.25) is 0 Å². The van der Waals surface area contributed by atoms with Crippen molar-refractivity contribution < 1.29 is 0 Å². The third-order valence-corrected chi connectivity index (χ3v) is 3.61. The van der Waals surface area contributed by atoms with Crippen LogP contribution in [-0.2, 0) is 6.42 Å². The molecule has 0 saturated heterocycles. The van der Waals surface area contributed by atoms with Crippen molar-refractivity contribution in [2.24, 2.45) is 0 Å². The molecule has 1 atom stereocenters. The van der Waals surface area contributed by atoms with Crippen LogP contribution in [0.3, 0.4) is 0 Å². The predicted octanol–water partition coefficient (Wildman–Crippen LogP) is 1.89. The van der Waals surface area contributed by atoms with Crippen molar-refractivity contribution in [2.75, 3.05) is 6.54 Å². The second kappa shape index (κ2) is 5.29. The lowest BCUT2D eigenvalue weighted by Gasteiger charge is -2.13. The van der Waals surface area contributed by atoms with Gasteiger partial charge in [0.1, 0.15) is 0 Å². The van der Waals surface area contributed by atoms with Crippen molar-refractivity contribution in [3.05, 3.63) is 27.7 Å². The molecule has 0 bridgehead atoms. The highest BCUT2D eigenvalue weighted by Crippen LogP contribution is 2.21. The lowest BCUT2D eigenvalue weighted by atomic mass is 10.2. The molecule has 80 valence electrons. The monoisotopic (exact) mass is 240 g/mol. The zero-order chi connectivity index (χ0) is 10.5. The van der Waals surface area contributed by atoms with Crippen molar-refractivity contribution in [2.45, 2.75) is 19.4 Å². The molecule has 15 heavy (non-hydrogen) atoms. The third-order valence-electron chi connectivity index (χ3n) is 2.03. The molecule has 2 rings (SSSR count). The van der Waals surface area contributed by atoms with Crippen molar-refractivity contribution in [3.63, 3.8) is 0 Å². The van der Waals surface area contributed by atoms with Crippen LogP contribution < -0.4 is 5.32 Å². The van der Waals surface area contributed by atoms with Gasteiger partial charge in [0, 0.05) is 18.0 Å². The topological polar surface area (TPSA) is 50.7 Å². The van der Waals surface area contributed by atoms with Crippen molar-refractivity contribution in [1.82, 2.24) is 19.9 Å². The van der Waals surface area contributed by atoms with Crippen LogP contribution in [0.5, 0.6) is 0 Å². The molecule has 0 aliphatic carbocycles. The summed E-state index contributed by atoms with van der Waals surface area (Å²) in [5.41, 5.74) is 0. The third kappa shape index (κ3) is 2.80. The normalized spacial score (nSPS) is 12.9. The summed E-state index contributed by atoms with van der Waals surface area (Å²) in [6, 6.07) is 0.293. The number of hydrogen-bond donors (Lipinski definition) is 1. The lowest BCUT2D eigenvalue weighted by Crippen LogP contribution is -2.22. The fourth-order valence-corrected chi connectivity index (χ4v) is 2.62. The van der Waals surface area contributed by atoms with Gasteiger partial charge in [0.2, 0.25) is 0 Å². The fraction of sp³-hybridized carbons (Fsp3) is 0.444. The maximum atomic E-state index is 4.29. The summed E-state index contributed by atoms with van der Waals surface area (Å²) in [6.45, 7) is 3.04. The minimum Gasteiger partial charge on any atom is -0.309 e. The van der Waals surface area contributed by atoms with Crippen molar-refractivity contribution in [1.29, 1.82) is 0 Å². The molecular weight excluding hydrogens is 228 g/mol. The summed E-state index contributed by atoms with van der Waals surface area (Å²) in [6.07, 6.45) is 4.58. The molecule has 2 aromatic rings. The summed E-state index contributed by atoms with van der Waals surface area (Å²) < 4.78 is 3.89. The van der Waals surface area contributed by atoms with Crippen LogP contribution in [0.25, 0.3) is 0 Å². The molecule has 6 heteroatoms.